The van der Waals surface area contributed by atoms with Crippen LogP contribution in [0.5, 0.6) is 5.75 Å². The summed E-state index contributed by atoms with van der Waals surface area (Å²) in [6.07, 6.45) is 4.70. The van der Waals surface area contributed by atoms with Crippen molar-refractivity contribution < 1.29 is 9.90 Å². The number of phenols is 1. The molecule has 7 heteroatoms. The number of phenolic OH excluding ortho intramolecular Hbond substituents is 1. The number of nitrogens with one attached hydrogen (secondary N) is 3. The predicted octanol–water partition coefficient (Wildman–Crippen LogP) is 2.73. The van der Waals surface area contributed by atoms with Crippen LogP contribution in [0.25, 0.3) is 0 Å². The van der Waals surface area contributed by atoms with E-state index in [2.05, 4.69) is 23.1 Å². The van der Waals surface area contributed by atoms with Gasteiger partial charge in [-0.05, 0) is 49.2 Å². The smallest absolute Gasteiger partial charge is 0.273 e. The molecule has 1 amide bonds. The molecule has 0 aromatic heterocycles. The molecule has 0 heterocycles. The maximum absolute atomic E-state index is 12.0. The topological polar surface area (TPSA) is 73.4 Å². The molecule has 4 N–H and O–H groups in total. The summed E-state index contributed by atoms with van der Waals surface area (Å²) in [7, 11) is 0. The molecule has 22 heavy (non-hydrogen) atoms. The molecule has 1 saturated carbocycles. The zero-order valence-corrected chi connectivity index (χ0v) is 13.9. The monoisotopic (exact) mass is 341 g/mol. The fourth-order valence-corrected chi connectivity index (χ4v) is 2.98. The fourth-order valence-electron chi connectivity index (χ4n) is 2.61. The lowest BCUT2D eigenvalue weighted by atomic mass is 9.86. The number of benzene rings is 1. The van der Waals surface area contributed by atoms with E-state index in [0.717, 1.165) is 6.42 Å². The molecule has 0 saturated heterocycles. The lowest BCUT2D eigenvalue weighted by Gasteiger charge is -2.30. The van der Waals surface area contributed by atoms with Crippen LogP contribution in [-0.2, 0) is 0 Å². The van der Waals surface area contributed by atoms with E-state index in [-0.39, 0.29) is 11.3 Å². The molecule has 1 fully saturated rings. The number of hydrogen-bond acceptors (Lipinski definition) is 3. The Labute approximate surface area is 140 Å². The summed E-state index contributed by atoms with van der Waals surface area (Å²) in [5.41, 5.74) is 5.21. The van der Waals surface area contributed by atoms with E-state index < -0.39 is 5.91 Å². The summed E-state index contributed by atoms with van der Waals surface area (Å²) >= 11 is 11.0. The minimum Gasteiger partial charge on any atom is -0.507 e. The van der Waals surface area contributed by atoms with Gasteiger partial charge >= 0.3 is 0 Å². The number of carbonyl (C=O) groups excluding carboxylic acids is 1. The van der Waals surface area contributed by atoms with Crippen molar-refractivity contribution in [2.24, 2.45) is 5.92 Å². The molecule has 0 spiro atoms. The highest BCUT2D eigenvalue weighted by atomic mass is 35.5. The van der Waals surface area contributed by atoms with Crippen molar-refractivity contribution in [3.05, 3.63) is 28.8 Å². The number of carbonyl (C=O) groups is 1. The molecule has 5 nitrogen and oxygen atoms in total. The molecule has 1 aromatic carbocycles. The molecule has 2 rings (SSSR count). The van der Waals surface area contributed by atoms with Crippen LogP contribution in [0.15, 0.2) is 18.2 Å². The van der Waals surface area contributed by atoms with Crippen molar-refractivity contribution in [2.75, 3.05) is 0 Å². The minimum atomic E-state index is -0.499. The van der Waals surface area contributed by atoms with Crippen LogP contribution in [0.2, 0.25) is 5.02 Å². The van der Waals surface area contributed by atoms with Crippen LogP contribution in [0, 0.1) is 5.92 Å². The molecule has 0 aliphatic heterocycles. The first-order valence-corrected chi connectivity index (χ1v) is 8.11. The lowest BCUT2D eigenvalue weighted by Crippen LogP contribution is -2.51. The number of rotatable bonds is 2. The van der Waals surface area contributed by atoms with Crippen molar-refractivity contribution in [3.63, 3.8) is 0 Å². The van der Waals surface area contributed by atoms with Crippen molar-refractivity contribution >= 4 is 34.8 Å². The molecular formula is C15H20ClN3O2S. The molecule has 2 atom stereocenters. The Morgan fingerprint density at radius 2 is 2.05 bits per heavy atom. The van der Waals surface area contributed by atoms with E-state index in [0.29, 0.717) is 22.1 Å². The van der Waals surface area contributed by atoms with Gasteiger partial charge in [0.15, 0.2) is 5.11 Å². The van der Waals surface area contributed by atoms with E-state index in [1.807, 2.05) is 0 Å². The second-order valence-corrected chi connectivity index (χ2v) is 6.43. The van der Waals surface area contributed by atoms with E-state index in [9.17, 15) is 9.90 Å². The molecule has 1 aliphatic carbocycles. The number of halogens is 1. The first kappa shape index (κ1) is 16.8. The minimum absolute atomic E-state index is 0.0915. The average Bonchev–Trinajstić information content (AvgIpc) is 2.49. The van der Waals surface area contributed by atoms with Crippen molar-refractivity contribution in [1.82, 2.24) is 16.2 Å². The highest BCUT2D eigenvalue weighted by molar-refractivity contribution is 7.80. The summed E-state index contributed by atoms with van der Waals surface area (Å²) < 4.78 is 0. The summed E-state index contributed by atoms with van der Waals surface area (Å²) in [5, 5.41) is 13.6. The Balaban J connectivity index is 1.85. The molecule has 120 valence electrons. The highest BCUT2D eigenvalue weighted by Gasteiger charge is 2.21. The third-order valence-corrected chi connectivity index (χ3v) is 4.38. The van der Waals surface area contributed by atoms with E-state index in [4.69, 9.17) is 23.8 Å². The van der Waals surface area contributed by atoms with Crippen molar-refractivity contribution in [3.8, 4) is 5.75 Å². The van der Waals surface area contributed by atoms with Gasteiger partial charge in [-0.1, -0.05) is 31.4 Å². The summed E-state index contributed by atoms with van der Waals surface area (Å²) in [4.78, 5) is 12.0. The molecule has 1 aromatic rings. The van der Waals surface area contributed by atoms with Crippen LogP contribution in [0.4, 0.5) is 0 Å². The third-order valence-electron chi connectivity index (χ3n) is 3.92. The molecule has 1 aliphatic rings. The van der Waals surface area contributed by atoms with Crippen LogP contribution in [-0.4, -0.2) is 22.2 Å². The summed E-state index contributed by atoms with van der Waals surface area (Å²) in [6.45, 7) is 2.20. The molecule has 0 bridgehead atoms. The van der Waals surface area contributed by atoms with Crippen LogP contribution < -0.4 is 16.2 Å². The number of amides is 1. The molecule has 0 radical (unpaired) electrons. The zero-order valence-electron chi connectivity index (χ0n) is 12.4. The van der Waals surface area contributed by atoms with Gasteiger partial charge in [-0.25, -0.2) is 0 Å². The Morgan fingerprint density at radius 3 is 2.77 bits per heavy atom. The van der Waals surface area contributed by atoms with Gasteiger partial charge in [0, 0.05) is 11.1 Å². The molecule has 0 unspecified atom stereocenters. The first-order chi connectivity index (χ1) is 10.5. The Bertz CT molecular complexity index is 568. The van der Waals surface area contributed by atoms with E-state index in [1.165, 1.54) is 37.5 Å². The zero-order chi connectivity index (χ0) is 16.1. The van der Waals surface area contributed by atoms with Gasteiger partial charge < -0.3 is 10.4 Å². The SMILES string of the molecule is C[C@@H]1CCCC[C@@H]1NC(=S)NNC(=O)c1cc(Cl)ccc1O. The molecular weight excluding hydrogens is 322 g/mol. The fraction of sp³-hybridized carbons (Fsp3) is 0.467. The average molecular weight is 342 g/mol. The van der Waals surface area contributed by atoms with Gasteiger partial charge in [0.25, 0.3) is 5.91 Å². The second-order valence-electron chi connectivity index (χ2n) is 5.58. The van der Waals surface area contributed by atoms with Gasteiger partial charge in [0.2, 0.25) is 0 Å². The lowest BCUT2D eigenvalue weighted by molar-refractivity contribution is 0.0940. The van der Waals surface area contributed by atoms with Crippen LogP contribution in [0.3, 0.4) is 0 Å². The van der Waals surface area contributed by atoms with E-state index in [1.54, 1.807) is 0 Å². The van der Waals surface area contributed by atoms with Gasteiger partial charge in [0.1, 0.15) is 5.75 Å². The van der Waals surface area contributed by atoms with Gasteiger partial charge in [-0.3, -0.25) is 15.6 Å². The van der Waals surface area contributed by atoms with Crippen molar-refractivity contribution in [1.29, 1.82) is 0 Å². The van der Waals surface area contributed by atoms with Gasteiger partial charge in [0.05, 0.1) is 5.56 Å². The van der Waals surface area contributed by atoms with Crippen LogP contribution >= 0.6 is 23.8 Å². The second kappa shape index (κ2) is 7.65. The Kier molecular flexibility index (Phi) is 5.85. The normalized spacial score (nSPS) is 21.0. The predicted molar refractivity (Wildman–Crippen MR) is 90.9 cm³/mol. The largest absolute Gasteiger partial charge is 0.507 e. The number of hydrazine groups is 1. The third kappa shape index (κ3) is 4.48. The number of aromatic hydroxyl groups is 1. The summed E-state index contributed by atoms with van der Waals surface area (Å²) in [5.74, 6) is -0.0782. The van der Waals surface area contributed by atoms with Crippen molar-refractivity contribution in [2.45, 2.75) is 38.6 Å². The maximum Gasteiger partial charge on any atom is 0.273 e. The maximum atomic E-state index is 12.0. The van der Waals surface area contributed by atoms with E-state index >= 15 is 0 Å². The van der Waals surface area contributed by atoms with Crippen LogP contribution in [0.1, 0.15) is 43.0 Å². The number of hydrogen-bond donors (Lipinski definition) is 4. The number of thiocarbonyl (C=S) groups is 1. The first-order valence-electron chi connectivity index (χ1n) is 7.32. The Morgan fingerprint density at radius 1 is 1.32 bits per heavy atom. The summed E-state index contributed by atoms with van der Waals surface area (Å²) in [6, 6.07) is 4.60. The Hall–Kier alpha value is -1.53. The highest BCUT2D eigenvalue weighted by Crippen LogP contribution is 2.23. The van der Waals surface area contributed by atoms with Gasteiger partial charge in [-0.2, -0.15) is 0 Å². The standard InChI is InChI=1S/C15H20ClN3O2S/c1-9-4-2-3-5-12(9)17-15(22)19-18-14(21)11-8-10(16)6-7-13(11)20/h6-9,12,20H,2-5H2,1H3,(H,18,21)(H2,17,19,22)/t9-,12+/m1/s1. The van der Waals surface area contributed by atoms with Gasteiger partial charge in [-0.15, -0.1) is 0 Å². The quantitative estimate of drug-likeness (QED) is 0.492.